The minimum absolute atomic E-state index is 0.104. The molecule has 1 saturated heterocycles. The Balaban J connectivity index is 2.49. The lowest BCUT2D eigenvalue weighted by Crippen LogP contribution is -2.38. The molecule has 0 aliphatic carbocycles. The van der Waals surface area contributed by atoms with Gasteiger partial charge < -0.3 is 9.64 Å². The minimum atomic E-state index is -0.606. The molecule has 0 bridgehead atoms. The first kappa shape index (κ1) is 16.5. The van der Waals surface area contributed by atoms with Gasteiger partial charge in [0.05, 0.1) is 22.1 Å². The molecule has 2 rings (SSSR count). The van der Waals surface area contributed by atoms with Gasteiger partial charge in [-0.25, -0.2) is 4.79 Å². The standard InChI is InChI=1S/C15H19ClN2O4/c1-3-22-15(19)11-8-12(16)14(13(9-11)18(20)21)17-7-5-4-6-10(17)2/h8-10H,3-7H2,1-2H3/t10-/m0/s1. The second kappa shape index (κ2) is 6.96. The van der Waals surface area contributed by atoms with Gasteiger partial charge in [0, 0.05) is 18.7 Å². The SMILES string of the molecule is CCOC(=O)c1cc(Cl)c(N2CCCC[C@@H]2C)c([N+](=O)[O-])c1. The number of nitro groups is 1. The van der Waals surface area contributed by atoms with Gasteiger partial charge in [-0.15, -0.1) is 0 Å². The Morgan fingerprint density at radius 1 is 1.50 bits per heavy atom. The number of piperidine rings is 1. The first-order valence-corrected chi connectivity index (χ1v) is 7.75. The maximum absolute atomic E-state index is 11.8. The van der Waals surface area contributed by atoms with Crippen molar-refractivity contribution in [2.24, 2.45) is 0 Å². The summed E-state index contributed by atoms with van der Waals surface area (Å²) in [7, 11) is 0. The van der Waals surface area contributed by atoms with Crippen LogP contribution in [0, 0.1) is 10.1 Å². The van der Waals surface area contributed by atoms with E-state index in [1.54, 1.807) is 6.92 Å². The van der Waals surface area contributed by atoms with Crippen molar-refractivity contribution >= 4 is 28.9 Å². The van der Waals surface area contributed by atoms with Crippen LogP contribution < -0.4 is 4.90 Å². The fourth-order valence-corrected chi connectivity index (χ4v) is 3.09. The third-order valence-electron chi connectivity index (χ3n) is 3.84. The molecule has 7 heteroatoms. The van der Waals surface area contributed by atoms with Gasteiger partial charge in [0.25, 0.3) is 5.69 Å². The van der Waals surface area contributed by atoms with E-state index in [0.29, 0.717) is 5.69 Å². The van der Waals surface area contributed by atoms with Crippen molar-refractivity contribution in [2.75, 3.05) is 18.1 Å². The Labute approximate surface area is 134 Å². The summed E-state index contributed by atoms with van der Waals surface area (Å²) in [5, 5.41) is 11.6. The predicted octanol–water partition coefficient (Wildman–Crippen LogP) is 3.80. The van der Waals surface area contributed by atoms with E-state index in [9.17, 15) is 14.9 Å². The summed E-state index contributed by atoms with van der Waals surface area (Å²) in [6, 6.07) is 2.88. The Morgan fingerprint density at radius 2 is 2.23 bits per heavy atom. The summed E-state index contributed by atoms with van der Waals surface area (Å²) in [5.41, 5.74) is 0.350. The van der Waals surface area contributed by atoms with Gasteiger partial charge in [0.1, 0.15) is 5.69 Å². The van der Waals surface area contributed by atoms with Crippen molar-refractivity contribution < 1.29 is 14.5 Å². The van der Waals surface area contributed by atoms with E-state index >= 15 is 0 Å². The van der Waals surface area contributed by atoms with Crippen LogP contribution in [0.4, 0.5) is 11.4 Å². The normalized spacial score (nSPS) is 18.1. The topological polar surface area (TPSA) is 72.7 Å². The monoisotopic (exact) mass is 326 g/mol. The zero-order chi connectivity index (χ0) is 16.3. The van der Waals surface area contributed by atoms with Gasteiger partial charge in [-0.3, -0.25) is 10.1 Å². The van der Waals surface area contributed by atoms with Crippen LogP contribution in [0.1, 0.15) is 43.5 Å². The summed E-state index contributed by atoms with van der Waals surface area (Å²) in [4.78, 5) is 24.7. The Morgan fingerprint density at radius 3 is 2.82 bits per heavy atom. The van der Waals surface area contributed by atoms with Crippen molar-refractivity contribution in [2.45, 2.75) is 39.2 Å². The number of anilines is 1. The van der Waals surface area contributed by atoms with E-state index in [4.69, 9.17) is 16.3 Å². The molecule has 1 aliphatic rings. The van der Waals surface area contributed by atoms with Crippen LogP contribution in [0.25, 0.3) is 0 Å². The highest BCUT2D eigenvalue weighted by atomic mass is 35.5. The van der Waals surface area contributed by atoms with Crippen LogP contribution in [0.2, 0.25) is 5.02 Å². The highest BCUT2D eigenvalue weighted by Gasteiger charge is 2.29. The van der Waals surface area contributed by atoms with Gasteiger partial charge in [-0.1, -0.05) is 11.6 Å². The van der Waals surface area contributed by atoms with E-state index in [1.807, 2.05) is 11.8 Å². The predicted molar refractivity (Wildman–Crippen MR) is 84.7 cm³/mol. The number of nitro benzene ring substituents is 1. The zero-order valence-corrected chi connectivity index (χ0v) is 13.4. The average molecular weight is 327 g/mol. The summed E-state index contributed by atoms with van der Waals surface area (Å²) in [6.45, 7) is 4.63. The summed E-state index contributed by atoms with van der Waals surface area (Å²) >= 11 is 6.27. The van der Waals surface area contributed by atoms with Crippen molar-refractivity contribution in [1.29, 1.82) is 0 Å². The number of ether oxygens (including phenoxy) is 1. The molecule has 0 amide bonds. The van der Waals surface area contributed by atoms with Gasteiger partial charge in [-0.05, 0) is 39.2 Å². The number of hydrogen-bond donors (Lipinski definition) is 0. The molecular weight excluding hydrogens is 308 g/mol. The van der Waals surface area contributed by atoms with Gasteiger partial charge in [0.15, 0.2) is 0 Å². The third kappa shape index (κ3) is 3.32. The van der Waals surface area contributed by atoms with Crippen molar-refractivity contribution in [3.05, 3.63) is 32.8 Å². The first-order valence-electron chi connectivity index (χ1n) is 7.37. The summed E-state index contributed by atoms with van der Waals surface area (Å²) in [5.74, 6) is -0.606. The Kier molecular flexibility index (Phi) is 5.24. The second-order valence-electron chi connectivity index (χ2n) is 5.34. The zero-order valence-electron chi connectivity index (χ0n) is 12.7. The lowest BCUT2D eigenvalue weighted by molar-refractivity contribution is -0.384. The van der Waals surface area contributed by atoms with Crippen LogP contribution in [-0.2, 0) is 4.74 Å². The Bertz CT molecular complexity index is 591. The van der Waals surface area contributed by atoms with E-state index in [1.165, 1.54) is 12.1 Å². The Hall–Kier alpha value is -1.82. The molecule has 0 N–H and O–H groups in total. The number of rotatable bonds is 4. The molecule has 0 aromatic heterocycles. The largest absolute Gasteiger partial charge is 0.462 e. The number of hydrogen-bond acceptors (Lipinski definition) is 5. The number of carbonyl (C=O) groups excluding carboxylic acids is 1. The molecule has 1 aliphatic heterocycles. The highest BCUT2D eigenvalue weighted by Crippen LogP contribution is 2.40. The molecule has 22 heavy (non-hydrogen) atoms. The van der Waals surface area contributed by atoms with E-state index < -0.39 is 10.9 Å². The highest BCUT2D eigenvalue weighted by molar-refractivity contribution is 6.34. The van der Waals surface area contributed by atoms with Crippen LogP contribution >= 0.6 is 11.6 Å². The molecular formula is C15H19ClN2O4. The average Bonchev–Trinajstić information content (AvgIpc) is 2.47. The van der Waals surface area contributed by atoms with Gasteiger partial charge in [-0.2, -0.15) is 0 Å². The summed E-state index contributed by atoms with van der Waals surface area (Å²) < 4.78 is 4.89. The number of carbonyl (C=O) groups is 1. The smallest absolute Gasteiger partial charge is 0.338 e. The maximum atomic E-state index is 11.8. The molecule has 1 aromatic rings. The van der Waals surface area contributed by atoms with Crippen LogP contribution in [0.15, 0.2) is 12.1 Å². The van der Waals surface area contributed by atoms with Crippen molar-refractivity contribution in [3.63, 3.8) is 0 Å². The third-order valence-corrected chi connectivity index (χ3v) is 4.13. The lowest BCUT2D eigenvalue weighted by Gasteiger charge is -2.35. The molecule has 120 valence electrons. The van der Waals surface area contributed by atoms with Gasteiger partial charge >= 0.3 is 5.97 Å². The second-order valence-corrected chi connectivity index (χ2v) is 5.75. The van der Waals surface area contributed by atoms with Gasteiger partial charge in [0.2, 0.25) is 0 Å². The molecule has 0 saturated carbocycles. The quantitative estimate of drug-likeness (QED) is 0.478. The van der Waals surface area contributed by atoms with E-state index in [2.05, 4.69) is 0 Å². The number of esters is 1. The molecule has 0 unspecified atom stereocenters. The number of benzene rings is 1. The molecule has 6 nitrogen and oxygen atoms in total. The molecule has 1 fully saturated rings. The molecule has 1 aromatic carbocycles. The molecule has 1 atom stereocenters. The molecule has 0 radical (unpaired) electrons. The van der Waals surface area contributed by atoms with Crippen molar-refractivity contribution in [3.8, 4) is 0 Å². The molecule has 1 heterocycles. The minimum Gasteiger partial charge on any atom is -0.462 e. The molecule has 0 spiro atoms. The first-order chi connectivity index (χ1) is 10.5. The maximum Gasteiger partial charge on any atom is 0.338 e. The van der Waals surface area contributed by atoms with Crippen LogP contribution in [0.3, 0.4) is 0 Å². The number of nitrogens with zero attached hydrogens (tertiary/aromatic N) is 2. The van der Waals surface area contributed by atoms with Crippen molar-refractivity contribution in [1.82, 2.24) is 0 Å². The fraction of sp³-hybridized carbons (Fsp3) is 0.533. The number of halogens is 1. The lowest BCUT2D eigenvalue weighted by atomic mass is 10.0. The van der Waals surface area contributed by atoms with E-state index in [0.717, 1.165) is 25.8 Å². The van der Waals surface area contributed by atoms with Crippen LogP contribution in [0.5, 0.6) is 0 Å². The van der Waals surface area contributed by atoms with E-state index in [-0.39, 0.29) is 28.9 Å². The fourth-order valence-electron chi connectivity index (χ4n) is 2.77. The summed E-state index contributed by atoms with van der Waals surface area (Å²) in [6.07, 6.45) is 3.04. The van der Waals surface area contributed by atoms with Crippen LogP contribution in [-0.4, -0.2) is 30.1 Å².